The first kappa shape index (κ1) is 11.4. The van der Waals surface area contributed by atoms with Crippen molar-refractivity contribution in [2.24, 2.45) is 0 Å². The number of nitrogen functional groups attached to an aromatic ring is 1. The third-order valence-electron chi connectivity index (χ3n) is 2.55. The first-order valence-electron chi connectivity index (χ1n) is 5.15. The summed E-state index contributed by atoms with van der Waals surface area (Å²) in [5.41, 5.74) is 7.88. The number of para-hydroxylation sites is 1. The highest BCUT2D eigenvalue weighted by Crippen LogP contribution is 2.27. The van der Waals surface area contributed by atoms with Crippen molar-refractivity contribution in [1.82, 2.24) is 0 Å². The summed E-state index contributed by atoms with van der Waals surface area (Å²) in [5.74, 6) is -1.80. The van der Waals surface area contributed by atoms with Crippen LogP contribution in [0.5, 0.6) is 0 Å². The van der Waals surface area contributed by atoms with Crippen molar-refractivity contribution in [3.05, 3.63) is 53.6 Å². The highest BCUT2D eigenvalue weighted by molar-refractivity contribution is 5.75. The summed E-state index contributed by atoms with van der Waals surface area (Å²) in [5, 5.41) is 2.78. The Labute approximate surface area is 98.1 Å². The van der Waals surface area contributed by atoms with Crippen molar-refractivity contribution >= 4 is 17.1 Å². The van der Waals surface area contributed by atoms with Gasteiger partial charge in [0.05, 0.1) is 17.1 Å². The van der Waals surface area contributed by atoms with Gasteiger partial charge in [0.1, 0.15) is 0 Å². The van der Waals surface area contributed by atoms with E-state index >= 15 is 0 Å². The Morgan fingerprint density at radius 3 is 2.41 bits per heavy atom. The molecule has 2 aromatic carbocycles. The number of hydrogen-bond donors (Lipinski definition) is 2. The van der Waals surface area contributed by atoms with Gasteiger partial charge >= 0.3 is 0 Å². The molecule has 0 fully saturated rings. The van der Waals surface area contributed by atoms with E-state index in [1.807, 2.05) is 13.0 Å². The Bertz CT molecular complexity index is 504. The first-order valence-corrected chi connectivity index (χ1v) is 5.15. The lowest BCUT2D eigenvalue weighted by molar-refractivity contribution is 0.512. The van der Waals surface area contributed by atoms with Gasteiger partial charge in [0.25, 0.3) is 0 Å². The number of hydrogen-bond acceptors (Lipinski definition) is 2. The van der Waals surface area contributed by atoms with Crippen LogP contribution in [0.25, 0.3) is 0 Å². The Morgan fingerprint density at radius 2 is 1.65 bits per heavy atom. The van der Waals surface area contributed by atoms with Crippen molar-refractivity contribution in [2.75, 3.05) is 11.1 Å². The van der Waals surface area contributed by atoms with Gasteiger partial charge in [-0.15, -0.1) is 0 Å². The summed E-state index contributed by atoms with van der Waals surface area (Å²) < 4.78 is 26.5. The fourth-order valence-electron chi connectivity index (χ4n) is 1.54. The lowest BCUT2D eigenvalue weighted by atomic mass is 10.1. The second-order valence-electron chi connectivity index (χ2n) is 3.76. The molecule has 0 aliphatic heterocycles. The van der Waals surface area contributed by atoms with Gasteiger partial charge in [-0.05, 0) is 30.7 Å². The van der Waals surface area contributed by atoms with Crippen LogP contribution < -0.4 is 11.1 Å². The molecule has 2 nitrogen and oxygen atoms in total. The fourth-order valence-corrected chi connectivity index (χ4v) is 1.54. The van der Waals surface area contributed by atoms with E-state index in [2.05, 4.69) is 5.32 Å². The molecule has 2 rings (SSSR count). The number of aryl methyl sites for hydroxylation is 1. The Kier molecular flexibility index (Phi) is 2.95. The zero-order valence-electron chi connectivity index (χ0n) is 9.30. The molecule has 0 spiro atoms. The van der Waals surface area contributed by atoms with Gasteiger partial charge in [0.2, 0.25) is 0 Å². The second-order valence-corrected chi connectivity index (χ2v) is 3.76. The number of nitrogens with one attached hydrogen (secondary N) is 1. The number of benzene rings is 2. The molecule has 0 radical (unpaired) electrons. The third-order valence-corrected chi connectivity index (χ3v) is 2.55. The number of nitrogens with two attached hydrogens (primary N) is 1. The average Bonchev–Trinajstić information content (AvgIpc) is 2.31. The summed E-state index contributed by atoms with van der Waals surface area (Å²) in [6.45, 7) is 1.85. The maximum atomic E-state index is 13.4. The molecule has 17 heavy (non-hydrogen) atoms. The minimum atomic E-state index is -0.909. The van der Waals surface area contributed by atoms with Gasteiger partial charge in [-0.25, -0.2) is 8.78 Å². The average molecular weight is 234 g/mol. The summed E-state index contributed by atoms with van der Waals surface area (Å²) in [6.07, 6.45) is 0. The first-order chi connectivity index (χ1) is 8.09. The standard InChI is InChI=1S/C13H12F2N2/c1-8-4-2-7-11(13(8)16)17-10-6-3-5-9(14)12(10)15/h2-7,17H,16H2,1H3. The number of anilines is 3. The molecule has 0 aliphatic rings. The molecule has 0 atom stereocenters. The Morgan fingerprint density at radius 1 is 1.00 bits per heavy atom. The summed E-state index contributed by atoms with van der Waals surface area (Å²) in [7, 11) is 0. The molecular formula is C13H12F2N2. The SMILES string of the molecule is Cc1cccc(Nc2cccc(F)c2F)c1N. The van der Waals surface area contributed by atoms with Crippen LogP contribution in [0.4, 0.5) is 25.8 Å². The van der Waals surface area contributed by atoms with Crippen LogP contribution in [-0.4, -0.2) is 0 Å². The molecule has 0 amide bonds. The lowest BCUT2D eigenvalue weighted by Crippen LogP contribution is -2.00. The molecule has 0 saturated carbocycles. The normalized spacial score (nSPS) is 10.3. The van der Waals surface area contributed by atoms with Crippen LogP contribution in [-0.2, 0) is 0 Å². The molecule has 0 bridgehead atoms. The minimum absolute atomic E-state index is 0.0716. The largest absolute Gasteiger partial charge is 0.397 e. The third kappa shape index (κ3) is 2.20. The van der Waals surface area contributed by atoms with Gasteiger partial charge in [0, 0.05) is 0 Å². The molecular weight excluding hydrogens is 222 g/mol. The quantitative estimate of drug-likeness (QED) is 0.779. The highest BCUT2D eigenvalue weighted by Gasteiger charge is 2.09. The topological polar surface area (TPSA) is 38.0 Å². The van der Waals surface area contributed by atoms with Crippen molar-refractivity contribution in [3.8, 4) is 0 Å². The fraction of sp³-hybridized carbons (Fsp3) is 0.0769. The van der Waals surface area contributed by atoms with Gasteiger partial charge in [-0.3, -0.25) is 0 Å². The van der Waals surface area contributed by atoms with Crippen molar-refractivity contribution in [3.63, 3.8) is 0 Å². The van der Waals surface area contributed by atoms with Crippen LogP contribution in [0.3, 0.4) is 0 Å². The summed E-state index contributed by atoms with van der Waals surface area (Å²) in [4.78, 5) is 0. The second kappa shape index (κ2) is 4.41. The Balaban J connectivity index is 2.38. The monoisotopic (exact) mass is 234 g/mol. The molecule has 0 aliphatic carbocycles. The Hall–Kier alpha value is -2.10. The van der Waals surface area contributed by atoms with Crippen molar-refractivity contribution < 1.29 is 8.78 Å². The van der Waals surface area contributed by atoms with Gasteiger partial charge in [0.15, 0.2) is 11.6 Å². The smallest absolute Gasteiger partial charge is 0.182 e. The maximum Gasteiger partial charge on any atom is 0.182 e. The van der Waals surface area contributed by atoms with Gasteiger partial charge in [-0.1, -0.05) is 18.2 Å². The van der Waals surface area contributed by atoms with Crippen LogP contribution in [0, 0.1) is 18.6 Å². The van der Waals surface area contributed by atoms with E-state index in [1.165, 1.54) is 12.1 Å². The van der Waals surface area contributed by atoms with Gasteiger partial charge in [-0.2, -0.15) is 0 Å². The lowest BCUT2D eigenvalue weighted by Gasteiger charge is -2.11. The van der Waals surface area contributed by atoms with Crippen LogP contribution in [0.1, 0.15) is 5.56 Å². The highest BCUT2D eigenvalue weighted by atomic mass is 19.2. The van der Waals surface area contributed by atoms with Crippen molar-refractivity contribution in [1.29, 1.82) is 0 Å². The summed E-state index contributed by atoms with van der Waals surface area (Å²) in [6, 6.07) is 9.33. The van der Waals surface area contributed by atoms with E-state index in [-0.39, 0.29) is 5.69 Å². The van der Waals surface area contributed by atoms with Crippen molar-refractivity contribution in [2.45, 2.75) is 6.92 Å². The van der Waals surface area contributed by atoms with E-state index in [1.54, 1.807) is 12.1 Å². The van der Waals surface area contributed by atoms with E-state index in [0.717, 1.165) is 11.6 Å². The van der Waals surface area contributed by atoms with E-state index in [4.69, 9.17) is 5.73 Å². The predicted molar refractivity (Wildman–Crippen MR) is 65.2 cm³/mol. The number of rotatable bonds is 2. The molecule has 2 aromatic rings. The molecule has 0 aromatic heterocycles. The van der Waals surface area contributed by atoms with Crippen LogP contribution >= 0.6 is 0 Å². The molecule has 4 heteroatoms. The maximum absolute atomic E-state index is 13.4. The zero-order valence-corrected chi connectivity index (χ0v) is 9.30. The van der Waals surface area contributed by atoms with E-state index in [0.29, 0.717) is 11.4 Å². The molecule has 0 heterocycles. The van der Waals surface area contributed by atoms with Crippen LogP contribution in [0.15, 0.2) is 36.4 Å². The summed E-state index contributed by atoms with van der Waals surface area (Å²) >= 11 is 0. The van der Waals surface area contributed by atoms with Crippen LogP contribution in [0.2, 0.25) is 0 Å². The predicted octanol–water partition coefficient (Wildman–Crippen LogP) is 3.60. The van der Waals surface area contributed by atoms with E-state index < -0.39 is 11.6 Å². The molecule has 0 saturated heterocycles. The molecule has 3 N–H and O–H groups in total. The minimum Gasteiger partial charge on any atom is -0.397 e. The van der Waals surface area contributed by atoms with E-state index in [9.17, 15) is 8.78 Å². The zero-order chi connectivity index (χ0) is 12.4. The van der Waals surface area contributed by atoms with Gasteiger partial charge < -0.3 is 11.1 Å². The number of halogens is 2. The molecule has 88 valence electrons. The molecule has 0 unspecified atom stereocenters.